The van der Waals surface area contributed by atoms with Crippen molar-refractivity contribution in [2.75, 3.05) is 0 Å². The number of hydrogen-bond acceptors (Lipinski definition) is 7. The molecule has 0 spiro atoms. The van der Waals surface area contributed by atoms with E-state index in [2.05, 4.69) is 0 Å². The lowest BCUT2D eigenvalue weighted by Gasteiger charge is -2.21. The van der Waals surface area contributed by atoms with Crippen LogP contribution in [-0.4, -0.2) is 34.6 Å². The molecule has 0 fully saturated rings. The van der Waals surface area contributed by atoms with E-state index in [9.17, 15) is 24.0 Å². The third kappa shape index (κ3) is 3.20. The predicted octanol–water partition coefficient (Wildman–Crippen LogP) is 2.01. The summed E-state index contributed by atoms with van der Waals surface area (Å²) in [6.07, 6.45) is 0. The lowest BCUT2D eigenvalue weighted by molar-refractivity contribution is -0.132. The minimum absolute atomic E-state index is 0.00821. The summed E-state index contributed by atoms with van der Waals surface area (Å²) in [6.45, 7) is 2.26. The van der Waals surface area contributed by atoms with Crippen LogP contribution in [0.2, 0.25) is 0 Å². The zero-order chi connectivity index (χ0) is 19.9. The van der Waals surface area contributed by atoms with Crippen molar-refractivity contribution in [1.29, 1.82) is 0 Å². The smallest absolute Gasteiger partial charge is 0.335 e. The Bertz CT molecular complexity index is 1050. The van der Waals surface area contributed by atoms with Gasteiger partial charge in [-0.2, -0.15) is 0 Å². The summed E-state index contributed by atoms with van der Waals surface area (Å²) in [5.41, 5.74) is -0.561. The van der Waals surface area contributed by atoms with Crippen LogP contribution in [0.25, 0.3) is 0 Å². The summed E-state index contributed by atoms with van der Waals surface area (Å²) in [4.78, 5) is 59.5. The fraction of sp³-hybridized carbons (Fsp3) is 0.105. The summed E-state index contributed by atoms with van der Waals surface area (Å²) < 4.78 is 9.98. The van der Waals surface area contributed by atoms with Gasteiger partial charge in [0.15, 0.2) is 11.6 Å². The molecule has 27 heavy (non-hydrogen) atoms. The summed E-state index contributed by atoms with van der Waals surface area (Å²) >= 11 is 0. The first-order chi connectivity index (χ1) is 12.7. The maximum Gasteiger partial charge on any atom is 0.335 e. The zero-order valence-electron chi connectivity index (χ0n) is 14.2. The summed E-state index contributed by atoms with van der Waals surface area (Å²) in [7, 11) is 0. The van der Waals surface area contributed by atoms with Crippen LogP contribution in [0.4, 0.5) is 0 Å². The third-order valence-electron chi connectivity index (χ3n) is 3.82. The molecule has 0 bridgehead atoms. The molecular weight excluding hydrogens is 356 g/mol. The van der Waals surface area contributed by atoms with E-state index in [4.69, 9.17) is 14.6 Å². The average molecular weight is 368 g/mol. The van der Waals surface area contributed by atoms with E-state index < -0.39 is 29.5 Å². The molecule has 0 atom stereocenters. The Morgan fingerprint density at radius 1 is 0.815 bits per heavy atom. The number of ether oxygens (including phenoxy) is 2. The molecule has 3 rings (SSSR count). The van der Waals surface area contributed by atoms with E-state index in [1.165, 1.54) is 24.3 Å². The Morgan fingerprint density at radius 3 is 2.07 bits per heavy atom. The highest BCUT2D eigenvalue weighted by Gasteiger charge is 2.34. The molecule has 1 aliphatic carbocycles. The Kier molecular flexibility index (Phi) is 4.32. The van der Waals surface area contributed by atoms with Gasteiger partial charge in [-0.15, -0.1) is 0 Å². The van der Waals surface area contributed by atoms with Crippen LogP contribution < -0.4 is 9.47 Å². The fourth-order valence-corrected chi connectivity index (χ4v) is 2.81. The van der Waals surface area contributed by atoms with Gasteiger partial charge in [-0.1, -0.05) is 0 Å². The minimum atomic E-state index is -1.25. The highest BCUT2D eigenvalue weighted by atomic mass is 16.5. The summed E-state index contributed by atoms with van der Waals surface area (Å²) in [6, 6.07) is 5.89. The molecule has 0 saturated heterocycles. The Balaban J connectivity index is 2.25. The van der Waals surface area contributed by atoms with Crippen LogP contribution in [-0.2, 0) is 9.59 Å². The number of ketones is 2. The first kappa shape index (κ1) is 18.0. The van der Waals surface area contributed by atoms with Crippen molar-refractivity contribution in [3.8, 4) is 11.5 Å². The molecule has 2 aromatic rings. The Hall–Kier alpha value is -3.81. The minimum Gasteiger partial charge on any atom is -0.478 e. The van der Waals surface area contributed by atoms with E-state index in [0.29, 0.717) is 0 Å². The maximum atomic E-state index is 12.9. The number of rotatable bonds is 3. The van der Waals surface area contributed by atoms with Crippen molar-refractivity contribution in [3.05, 3.63) is 58.1 Å². The highest BCUT2D eigenvalue weighted by molar-refractivity contribution is 6.30. The van der Waals surface area contributed by atoms with Crippen LogP contribution in [0.5, 0.6) is 11.5 Å². The van der Waals surface area contributed by atoms with E-state index in [1.807, 2.05) is 0 Å². The number of carboxylic acids is 1. The van der Waals surface area contributed by atoms with E-state index in [0.717, 1.165) is 19.9 Å². The van der Waals surface area contributed by atoms with Crippen molar-refractivity contribution in [3.63, 3.8) is 0 Å². The monoisotopic (exact) mass is 368 g/mol. The second-order valence-electron chi connectivity index (χ2n) is 5.76. The van der Waals surface area contributed by atoms with Crippen LogP contribution in [0.3, 0.4) is 0 Å². The molecular formula is C19H12O8. The number of carbonyl (C=O) groups excluding carboxylic acids is 4. The summed E-state index contributed by atoms with van der Waals surface area (Å²) in [5.74, 6) is -4.22. The molecule has 0 amide bonds. The standard InChI is InChI=1S/C19H12O8/c1-8(20)26-11-6-14-16(15(7-11)27-9(2)21)18(23)12-4-3-10(19(24)25)5-13(12)17(14)22/h3-7H,1-2H3,(H,24,25). The van der Waals surface area contributed by atoms with Crippen molar-refractivity contribution in [1.82, 2.24) is 0 Å². The van der Waals surface area contributed by atoms with Gasteiger partial charge in [0.25, 0.3) is 0 Å². The van der Waals surface area contributed by atoms with Gasteiger partial charge in [-0.3, -0.25) is 19.2 Å². The number of aromatic carboxylic acids is 1. The van der Waals surface area contributed by atoms with E-state index >= 15 is 0 Å². The SMILES string of the molecule is CC(=O)Oc1cc(OC(C)=O)c2c(c1)C(=O)c1cc(C(=O)O)ccc1C2=O. The van der Waals surface area contributed by atoms with Crippen LogP contribution in [0.1, 0.15) is 56.0 Å². The maximum absolute atomic E-state index is 12.9. The van der Waals surface area contributed by atoms with Gasteiger partial charge in [0.05, 0.1) is 11.1 Å². The Labute approximate surface area is 152 Å². The van der Waals surface area contributed by atoms with Crippen LogP contribution in [0, 0.1) is 0 Å². The molecule has 2 aromatic carbocycles. The summed E-state index contributed by atoms with van der Waals surface area (Å²) in [5, 5.41) is 9.11. The molecule has 1 aliphatic rings. The van der Waals surface area contributed by atoms with Crippen LogP contribution >= 0.6 is 0 Å². The molecule has 0 unspecified atom stereocenters. The molecule has 136 valence electrons. The average Bonchev–Trinajstić information content (AvgIpc) is 2.57. The van der Waals surface area contributed by atoms with Crippen molar-refractivity contribution in [2.45, 2.75) is 13.8 Å². The predicted molar refractivity (Wildman–Crippen MR) is 89.3 cm³/mol. The van der Waals surface area contributed by atoms with Gasteiger partial charge in [0.2, 0.25) is 0 Å². The highest BCUT2D eigenvalue weighted by Crippen LogP contribution is 2.37. The van der Waals surface area contributed by atoms with Crippen LogP contribution in [0.15, 0.2) is 30.3 Å². The lowest BCUT2D eigenvalue weighted by atomic mass is 9.82. The fourth-order valence-electron chi connectivity index (χ4n) is 2.81. The van der Waals surface area contributed by atoms with Gasteiger partial charge in [0.1, 0.15) is 11.5 Å². The normalized spacial score (nSPS) is 12.1. The lowest BCUT2D eigenvalue weighted by Crippen LogP contribution is -2.23. The number of carbonyl (C=O) groups is 5. The molecule has 0 aliphatic heterocycles. The van der Waals surface area contributed by atoms with Gasteiger partial charge >= 0.3 is 17.9 Å². The third-order valence-corrected chi connectivity index (χ3v) is 3.82. The second kappa shape index (κ2) is 6.49. The first-order valence-corrected chi connectivity index (χ1v) is 7.70. The van der Waals surface area contributed by atoms with Gasteiger partial charge in [-0.05, 0) is 24.3 Å². The Morgan fingerprint density at radius 2 is 1.48 bits per heavy atom. The molecule has 8 heteroatoms. The molecule has 1 N–H and O–H groups in total. The van der Waals surface area contributed by atoms with Crippen molar-refractivity contribution >= 4 is 29.5 Å². The quantitative estimate of drug-likeness (QED) is 0.550. The number of esters is 2. The number of carboxylic acid groups (broad SMARTS) is 1. The molecule has 8 nitrogen and oxygen atoms in total. The molecule has 0 aromatic heterocycles. The number of benzene rings is 2. The van der Waals surface area contributed by atoms with E-state index in [1.54, 1.807) is 0 Å². The van der Waals surface area contributed by atoms with Crippen molar-refractivity contribution in [2.24, 2.45) is 0 Å². The largest absolute Gasteiger partial charge is 0.478 e. The first-order valence-electron chi connectivity index (χ1n) is 7.70. The van der Waals surface area contributed by atoms with Crippen molar-refractivity contribution < 1.29 is 38.6 Å². The number of fused-ring (bicyclic) bond motifs is 2. The van der Waals surface area contributed by atoms with Gasteiger partial charge in [0, 0.05) is 36.6 Å². The molecule has 0 saturated carbocycles. The molecule has 0 radical (unpaired) electrons. The number of hydrogen-bond donors (Lipinski definition) is 1. The second-order valence-corrected chi connectivity index (χ2v) is 5.76. The topological polar surface area (TPSA) is 124 Å². The van der Waals surface area contributed by atoms with Gasteiger partial charge < -0.3 is 14.6 Å². The molecule has 0 heterocycles. The zero-order valence-corrected chi connectivity index (χ0v) is 14.2. The van der Waals surface area contributed by atoms with Gasteiger partial charge in [-0.25, -0.2) is 4.79 Å². The van der Waals surface area contributed by atoms with E-state index in [-0.39, 0.29) is 39.3 Å².